The summed E-state index contributed by atoms with van der Waals surface area (Å²) in [4.78, 5) is 33.2. The molecule has 6 heteroatoms. The first-order chi connectivity index (χ1) is 7.18. The number of Topliss-reactive ketones (excluding diaryl/α,β-unsaturated/α-hetero) is 1. The van der Waals surface area contributed by atoms with Gasteiger partial charge in [-0.1, -0.05) is 20.8 Å². The summed E-state index contributed by atoms with van der Waals surface area (Å²) in [6.45, 7) is 5.06. The molecular weight excluding hydrogens is 214 g/mol. The van der Waals surface area contributed by atoms with Gasteiger partial charge in [-0.3, -0.25) is 4.79 Å². The lowest BCUT2D eigenvalue weighted by atomic mass is 9.87. The molecule has 0 bridgehead atoms. The van der Waals surface area contributed by atoms with Gasteiger partial charge < -0.3 is 15.2 Å². The summed E-state index contributed by atoms with van der Waals surface area (Å²) in [5.74, 6) is -1.50. The predicted molar refractivity (Wildman–Crippen MR) is 56.0 cm³/mol. The van der Waals surface area contributed by atoms with Crippen LogP contribution in [0.2, 0.25) is 0 Å². The number of ether oxygens (including phenoxy) is 1. The second-order valence-corrected chi connectivity index (χ2v) is 4.40. The average molecular weight is 231 g/mol. The monoisotopic (exact) mass is 231 g/mol. The van der Waals surface area contributed by atoms with E-state index < -0.39 is 23.5 Å². The Morgan fingerprint density at radius 3 is 2.12 bits per heavy atom. The van der Waals surface area contributed by atoms with Crippen LogP contribution in [0, 0.1) is 5.41 Å². The minimum absolute atomic E-state index is 0.240. The Kier molecular flexibility index (Phi) is 4.94. The first-order valence-electron chi connectivity index (χ1n) is 4.79. The van der Waals surface area contributed by atoms with Crippen molar-refractivity contribution < 1.29 is 24.2 Å². The molecule has 0 saturated carbocycles. The molecule has 0 rings (SSSR count). The maximum Gasteiger partial charge on any atom is 0.407 e. The molecule has 1 amide bonds. The third-order valence-corrected chi connectivity index (χ3v) is 2.00. The zero-order chi connectivity index (χ0) is 12.9. The van der Waals surface area contributed by atoms with Gasteiger partial charge in [-0.05, 0) is 0 Å². The molecular formula is C10H17NO5. The van der Waals surface area contributed by atoms with Crippen molar-refractivity contribution in [3.63, 3.8) is 0 Å². The van der Waals surface area contributed by atoms with Gasteiger partial charge in [-0.15, -0.1) is 0 Å². The Morgan fingerprint density at radius 2 is 1.81 bits per heavy atom. The quantitative estimate of drug-likeness (QED) is 0.746. The zero-order valence-corrected chi connectivity index (χ0v) is 9.86. The van der Waals surface area contributed by atoms with Gasteiger partial charge in [0.1, 0.15) is 11.8 Å². The van der Waals surface area contributed by atoms with E-state index in [4.69, 9.17) is 5.11 Å². The molecule has 0 aliphatic rings. The standard InChI is InChI=1S/C10H17NO5/c1-10(2,3)7(12)5-6(8(13)14)11-9(15)16-4/h6H,5H2,1-4H3,(H,11,15)(H,13,14). The minimum Gasteiger partial charge on any atom is -0.480 e. The highest BCUT2D eigenvalue weighted by molar-refractivity contribution is 5.90. The summed E-state index contributed by atoms with van der Waals surface area (Å²) < 4.78 is 4.27. The molecule has 0 aliphatic heterocycles. The van der Waals surface area contributed by atoms with Crippen LogP contribution in [-0.4, -0.2) is 36.1 Å². The van der Waals surface area contributed by atoms with Gasteiger partial charge in [-0.2, -0.15) is 0 Å². The van der Waals surface area contributed by atoms with Crippen LogP contribution in [0.1, 0.15) is 27.2 Å². The lowest BCUT2D eigenvalue weighted by Crippen LogP contribution is -2.43. The number of methoxy groups -OCH3 is 1. The first-order valence-corrected chi connectivity index (χ1v) is 4.79. The highest BCUT2D eigenvalue weighted by Gasteiger charge is 2.29. The van der Waals surface area contributed by atoms with E-state index in [1.165, 1.54) is 0 Å². The summed E-state index contributed by atoms with van der Waals surface area (Å²) in [6, 6.07) is -1.25. The van der Waals surface area contributed by atoms with Crippen molar-refractivity contribution in [2.24, 2.45) is 5.41 Å². The van der Waals surface area contributed by atoms with Crippen LogP contribution in [0.5, 0.6) is 0 Å². The normalized spacial score (nSPS) is 12.8. The molecule has 16 heavy (non-hydrogen) atoms. The molecule has 92 valence electrons. The van der Waals surface area contributed by atoms with Crippen LogP contribution in [-0.2, 0) is 14.3 Å². The number of rotatable bonds is 4. The number of amides is 1. The van der Waals surface area contributed by atoms with Crippen molar-refractivity contribution in [1.82, 2.24) is 5.32 Å². The Bertz CT molecular complexity index is 292. The van der Waals surface area contributed by atoms with Crippen LogP contribution in [0.4, 0.5) is 4.79 Å². The van der Waals surface area contributed by atoms with Crippen LogP contribution in [0.15, 0.2) is 0 Å². The number of nitrogens with one attached hydrogen (secondary N) is 1. The Morgan fingerprint density at radius 1 is 1.31 bits per heavy atom. The second-order valence-electron chi connectivity index (χ2n) is 4.40. The molecule has 0 aliphatic carbocycles. The highest BCUT2D eigenvalue weighted by Crippen LogP contribution is 2.17. The van der Waals surface area contributed by atoms with E-state index in [0.29, 0.717) is 0 Å². The Hall–Kier alpha value is -1.59. The van der Waals surface area contributed by atoms with Gasteiger partial charge in [0.05, 0.1) is 7.11 Å². The number of hydrogen-bond acceptors (Lipinski definition) is 4. The zero-order valence-electron chi connectivity index (χ0n) is 9.86. The van der Waals surface area contributed by atoms with E-state index >= 15 is 0 Å². The van der Waals surface area contributed by atoms with Crippen molar-refractivity contribution in [3.8, 4) is 0 Å². The van der Waals surface area contributed by atoms with Gasteiger partial charge in [0, 0.05) is 11.8 Å². The van der Waals surface area contributed by atoms with Crippen molar-refractivity contribution in [3.05, 3.63) is 0 Å². The van der Waals surface area contributed by atoms with Crippen LogP contribution in [0.3, 0.4) is 0 Å². The van der Waals surface area contributed by atoms with E-state index in [0.717, 1.165) is 7.11 Å². The molecule has 0 spiro atoms. The fourth-order valence-corrected chi connectivity index (χ4v) is 0.893. The fourth-order valence-electron chi connectivity index (χ4n) is 0.893. The maximum absolute atomic E-state index is 11.6. The summed E-state index contributed by atoms with van der Waals surface area (Å²) in [5.41, 5.74) is -0.633. The lowest BCUT2D eigenvalue weighted by molar-refractivity contribution is -0.142. The van der Waals surface area contributed by atoms with Crippen molar-refractivity contribution in [1.29, 1.82) is 0 Å². The Labute approximate surface area is 94.0 Å². The molecule has 1 unspecified atom stereocenters. The molecule has 1 atom stereocenters. The molecule has 0 aromatic heterocycles. The van der Waals surface area contributed by atoms with E-state index in [-0.39, 0.29) is 12.2 Å². The number of carbonyl (C=O) groups is 3. The van der Waals surface area contributed by atoms with Crippen LogP contribution in [0.25, 0.3) is 0 Å². The van der Waals surface area contributed by atoms with Crippen molar-refractivity contribution >= 4 is 17.8 Å². The van der Waals surface area contributed by atoms with Gasteiger partial charge in [0.15, 0.2) is 0 Å². The predicted octanol–water partition coefficient (Wildman–Crippen LogP) is 0.801. The van der Waals surface area contributed by atoms with E-state index in [2.05, 4.69) is 10.1 Å². The molecule has 6 nitrogen and oxygen atoms in total. The summed E-state index contributed by atoms with van der Waals surface area (Å²) in [5, 5.41) is 10.9. The summed E-state index contributed by atoms with van der Waals surface area (Å²) in [6.07, 6.45) is -1.12. The SMILES string of the molecule is COC(=O)NC(CC(=O)C(C)(C)C)C(=O)O. The third-order valence-electron chi connectivity index (χ3n) is 2.00. The van der Waals surface area contributed by atoms with E-state index in [9.17, 15) is 14.4 Å². The Balaban J connectivity index is 4.53. The van der Waals surface area contributed by atoms with E-state index in [1.54, 1.807) is 20.8 Å². The molecule has 0 saturated heterocycles. The largest absolute Gasteiger partial charge is 0.480 e. The molecule has 0 heterocycles. The lowest BCUT2D eigenvalue weighted by Gasteiger charge is -2.20. The van der Waals surface area contributed by atoms with Crippen molar-refractivity contribution in [2.75, 3.05) is 7.11 Å². The van der Waals surface area contributed by atoms with Gasteiger partial charge >= 0.3 is 12.1 Å². The van der Waals surface area contributed by atoms with Gasteiger partial charge in [0.25, 0.3) is 0 Å². The molecule has 0 aromatic carbocycles. The van der Waals surface area contributed by atoms with Gasteiger partial charge in [-0.25, -0.2) is 9.59 Å². The molecule has 2 N–H and O–H groups in total. The van der Waals surface area contributed by atoms with E-state index in [1.807, 2.05) is 0 Å². The fraction of sp³-hybridized carbons (Fsp3) is 0.700. The highest BCUT2D eigenvalue weighted by atomic mass is 16.5. The molecule has 0 radical (unpaired) electrons. The van der Waals surface area contributed by atoms with Crippen LogP contribution < -0.4 is 5.32 Å². The third kappa shape index (κ3) is 4.77. The average Bonchev–Trinajstić information content (AvgIpc) is 2.14. The smallest absolute Gasteiger partial charge is 0.407 e. The number of carbonyl (C=O) groups excluding carboxylic acids is 2. The number of aliphatic carboxylic acids is 1. The van der Waals surface area contributed by atoms with Crippen LogP contribution >= 0.6 is 0 Å². The van der Waals surface area contributed by atoms with Gasteiger partial charge in [0.2, 0.25) is 0 Å². The first kappa shape index (κ1) is 14.4. The number of carboxylic acid groups (broad SMARTS) is 1. The minimum atomic E-state index is -1.26. The number of carboxylic acids is 1. The molecule has 0 fully saturated rings. The summed E-state index contributed by atoms with van der Waals surface area (Å²) in [7, 11) is 1.12. The number of alkyl carbamates (subject to hydrolysis) is 1. The van der Waals surface area contributed by atoms with Crippen molar-refractivity contribution in [2.45, 2.75) is 33.2 Å². The maximum atomic E-state index is 11.6. The topological polar surface area (TPSA) is 92.7 Å². The molecule has 0 aromatic rings. The number of hydrogen-bond donors (Lipinski definition) is 2. The summed E-state index contributed by atoms with van der Waals surface area (Å²) >= 11 is 0. The number of ketones is 1. The second kappa shape index (κ2) is 5.48.